The van der Waals surface area contributed by atoms with Crippen LogP contribution < -0.4 is 0 Å². The highest BCUT2D eigenvalue weighted by Crippen LogP contribution is 2.28. The van der Waals surface area contributed by atoms with Gasteiger partial charge in [0.1, 0.15) is 0 Å². The number of nitrogens with zero attached hydrogens (tertiary/aromatic N) is 3. The third-order valence-electron chi connectivity index (χ3n) is 6.75. The smallest absolute Gasteiger partial charge is 0.240 e. The number of benzene rings is 1. The van der Waals surface area contributed by atoms with E-state index in [9.17, 15) is 9.59 Å². The van der Waals surface area contributed by atoms with Crippen molar-refractivity contribution < 1.29 is 9.59 Å². The second-order valence-corrected chi connectivity index (χ2v) is 8.67. The van der Waals surface area contributed by atoms with E-state index in [0.29, 0.717) is 18.4 Å². The summed E-state index contributed by atoms with van der Waals surface area (Å²) < 4.78 is 0. The molecular weight excluding hydrogens is 350 g/mol. The van der Waals surface area contributed by atoms with Crippen molar-refractivity contribution in [3.63, 3.8) is 0 Å². The lowest BCUT2D eigenvalue weighted by atomic mass is 10.0. The fourth-order valence-corrected chi connectivity index (χ4v) is 5.11. The molecule has 0 aromatic heterocycles. The summed E-state index contributed by atoms with van der Waals surface area (Å²) in [6.07, 6.45) is 7.62. The molecule has 1 aromatic rings. The van der Waals surface area contributed by atoms with Crippen LogP contribution in [-0.4, -0.2) is 65.3 Å². The van der Waals surface area contributed by atoms with Crippen LogP contribution in [-0.2, 0) is 16.1 Å². The van der Waals surface area contributed by atoms with E-state index in [1.165, 1.54) is 31.2 Å². The number of amides is 2. The maximum atomic E-state index is 13.0. The van der Waals surface area contributed by atoms with Crippen molar-refractivity contribution in [2.24, 2.45) is 5.92 Å². The molecular formula is C23H33N3O2. The van der Waals surface area contributed by atoms with E-state index in [1.54, 1.807) is 0 Å². The van der Waals surface area contributed by atoms with E-state index in [0.717, 1.165) is 52.0 Å². The highest BCUT2D eigenvalue weighted by Gasteiger charge is 2.36. The minimum atomic E-state index is -0.00593. The van der Waals surface area contributed by atoms with Crippen molar-refractivity contribution in [1.82, 2.24) is 14.7 Å². The van der Waals surface area contributed by atoms with Crippen LogP contribution in [0.3, 0.4) is 0 Å². The predicted molar refractivity (Wildman–Crippen MR) is 110 cm³/mol. The number of carbonyl (C=O) groups is 2. The summed E-state index contributed by atoms with van der Waals surface area (Å²) in [5.74, 6) is 1.20. The van der Waals surface area contributed by atoms with Gasteiger partial charge in [0.05, 0.1) is 6.04 Å². The fourth-order valence-electron chi connectivity index (χ4n) is 5.11. The van der Waals surface area contributed by atoms with Gasteiger partial charge in [-0.15, -0.1) is 0 Å². The van der Waals surface area contributed by atoms with E-state index >= 15 is 0 Å². The molecule has 0 unspecified atom stereocenters. The maximum absolute atomic E-state index is 13.0. The van der Waals surface area contributed by atoms with Crippen LogP contribution in [0.4, 0.5) is 0 Å². The van der Waals surface area contributed by atoms with Gasteiger partial charge in [-0.05, 0) is 37.2 Å². The van der Waals surface area contributed by atoms with Crippen molar-refractivity contribution in [2.75, 3.05) is 32.7 Å². The third kappa shape index (κ3) is 4.57. The van der Waals surface area contributed by atoms with Gasteiger partial charge in [-0.1, -0.05) is 43.2 Å². The second kappa shape index (κ2) is 9.08. The average molecular weight is 384 g/mol. The molecule has 2 aliphatic heterocycles. The molecule has 5 heteroatoms. The standard InChI is InChI=1S/C23H33N3O2/c27-22(17-19-7-4-5-8-19)25-13-6-12-24(15-16-25)21-11-14-26(23(21)28)18-20-9-2-1-3-10-20/h1-3,9-10,19,21H,4-8,11-18H2/t21-/m0/s1. The Labute approximate surface area is 168 Å². The molecule has 2 amide bonds. The van der Waals surface area contributed by atoms with Gasteiger partial charge in [0, 0.05) is 45.7 Å². The van der Waals surface area contributed by atoms with Crippen LogP contribution in [0.15, 0.2) is 30.3 Å². The molecule has 3 aliphatic rings. The summed E-state index contributed by atoms with van der Waals surface area (Å²) >= 11 is 0. The van der Waals surface area contributed by atoms with Crippen molar-refractivity contribution in [2.45, 2.75) is 57.5 Å². The maximum Gasteiger partial charge on any atom is 0.240 e. The van der Waals surface area contributed by atoms with E-state index in [4.69, 9.17) is 0 Å². The predicted octanol–water partition coefficient (Wildman–Crippen LogP) is 2.90. The number of hydrogen-bond donors (Lipinski definition) is 0. The molecule has 2 heterocycles. The first kappa shape index (κ1) is 19.4. The molecule has 1 atom stereocenters. The SMILES string of the molecule is O=C(CC1CCCC1)N1CCCN([C@H]2CCN(Cc3ccccc3)C2=O)CC1. The number of likely N-dealkylation sites (tertiary alicyclic amines) is 1. The van der Waals surface area contributed by atoms with Crippen molar-refractivity contribution in [1.29, 1.82) is 0 Å². The van der Waals surface area contributed by atoms with Crippen LogP contribution in [0.5, 0.6) is 0 Å². The first-order valence-corrected chi connectivity index (χ1v) is 11.1. The molecule has 0 N–H and O–H groups in total. The highest BCUT2D eigenvalue weighted by molar-refractivity contribution is 5.84. The Bertz CT molecular complexity index is 672. The normalized spacial score (nSPS) is 24.7. The lowest BCUT2D eigenvalue weighted by Gasteiger charge is -2.27. The molecule has 28 heavy (non-hydrogen) atoms. The van der Waals surface area contributed by atoms with E-state index < -0.39 is 0 Å². The van der Waals surface area contributed by atoms with Gasteiger partial charge in [0.2, 0.25) is 11.8 Å². The topological polar surface area (TPSA) is 43.9 Å². The summed E-state index contributed by atoms with van der Waals surface area (Å²) in [5, 5.41) is 0. The lowest BCUT2D eigenvalue weighted by Crippen LogP contribution is -2.44. The first-order valence-electron chi connectivity index (χ1n) is 11.1. The summed E-state index contributed by atoms with van der Waals surface area (Å²) in [6.45, 7) is 4.90. The molecule has 152 valence electrons. The van der Waals surface area contributed by atoms with E-state index in [1.807, 2.05) is 23.1 Å². The summed E-state index contributed by atoms with van der Waals surface area (Å²) in [6, 6.07) is 10.2. The first-order chi connectivity index (χ1) is 13.7. The molecule has 1 aromatic carbocycles. The van der Waals surface area contributed by atoms with Gasteiger partial charge < -0.3 is 9.80 Å². The van der Waals surface area contributed by atoms with Crippen LogP contribution in [0.1, 0.15) is 50.5 Å². The minimum absolute atomic E-state index is 0.00593. The molecule has 0 bridgehead atoms. The molecule has 0 radical (unpaired) electrons. The van der Waals surface area contributed by atoms with Crippen molar-refractivity contribution >= 4 is 11.8 Å². The third-order valence-corrected chi connectivity index (χ3v) is 6.75. The minimum Gasteiger partial charge on any atom is -0.341 e. The number of carbonyl (C=O) groups excluding carboxylic acids is 2. The monoisotopic (exact) mass is 383 g/mol. The van der Waals surface area contributed by atoms with Gasteiger partial charge in [-0.2, -0.15) is 0 Å². The molecule has 0 spiro atoms. The number of rotatable bonds is 5. The molecule has 3 fully saturated rings. The number of hydrogen-bond acceptors (Lipinski definition) is 3. The zero-order chi connectivity index (χ0) is 19.3. The Kier molecular flexibility index (Phi) is 6.30. The van der Waals surface area contributed by atoms with Gasteiger partial charge in [0.25, 0.3) is 0 Å². The Balaban J connectivity index is 1.29. The summed E-state index contributed by atoms with van der Waals surface area (Å²) in [4.78, 5) is 32.0. The molecule has 1 aliphatic carbocycles. The Hall–Kier alpha value is -1.88. The van der Waals surface area contributed by atoms with Crippen molar-refractivity contribution in [3.05, 3.63) is 35.9 Å². The molecule has 2 saturated heterocycles. The summed E-state index contributed by atoms with van der Waals surface area (Å²) in [5.41, 5.74) is 1.19. The van der Waals surface area contributed by atoms with Gasteiger partial charge >= 0.3 is 0 Å². The van der Waals surface area contributed by atoms with Gasteiger partial charge in [-0.3, -0.25) is 14.5 Å². The van der Waals surface area contributed by atoms with Crippen molar-refractivity contribution in [3.8, 4) is 0 Å². The molecule has 5 nitrogen and oxygen atoms in total. The van der Waals surface area contributed by atoms with Crippen LogP contribution >= 0.6 is 0 Å². The molecule has 4 rings (SSSR count). The van der Waals surface area contributed by atoms with Gasteiger partial charge in [-0.25, -0.2) is 0 Å². The second-order valence-electron chi connectivity index (χ2n) is 8.67. The fraction of sp³-hybridized carbons (Fsp3) is 0.652. The van der Waals surface area contributed by atoms with E-state index in [-0.39, 0.29) is 11.9 Å². The lowest BCUT2D eigenvalue weighted by molar-refractivity contribution is -0.132. The largest absolute Gasteiger partial charge is 0.341 e. The Morgan fingerprint density at radius 1 is 0.893 bits per heavy atom. The van der Waals surface area contributed by atoms with Gasteiger partial charge in [0.15, 0.2) is 0 Å². The molecule has 1 saturated carbocycles. The van der Waals surface area contributed by atoms with E-state index in [2.05, 4.69) is 21.9 Å². The van der Waals surface area contributed by atoms with Crippen LogP contribution in [0.2, 0.25) is 0 Å². The van der Waals surface area contributed by atoms with Crippen LogP contribution in [0.25, 0.3) is 0 Å². The Morgan fingerprint density at radius 3 is 2.46 bits per heavy atom. The zero-order valence-corrected chi connectivity index (χ0v) is 16.9. The Morgan fingerprint density at radius 2 is 1.68 bits per heavy atom. The zero-order valence-electron chi connectivity index (χ0n) is 16.9. The average Bonchev–Trinajstić information content (AvgIpc) is 3.26. The van der Waals surface area contributed by atoms with Crippen LogP contribution in [0, 0.1) is 5.92 Å². The summed E-state index contributed by atoms with van der Waals surface area (Å²) in [7, 11) is 0. The highest BCUT2D eigenvalue weighted by atomic mass is 16.2. The quantitative estimate of drug-likeness (QED) is 0.785.